The molecule has 2 rings (SSSR count). The molecule has 2 aromatic carbocycles. The third-order valence-corrected chi connectivity index (χ3v) is 3.65. The summed E-state index contributed by atoms with van der Waals surface area (Å²) in [5.41, 5.74) is 2.39. The molecule has 1 N–H and O–H groups in total. The van der Waals surface area contributed by atoms with Crippen LogP contribution in [0.15, 0.2) is 48.5 Å². The molecule has 23 heavy (non-hydrogen) atoms. The van der Waals surface area contributed by atoms with Gasteiger partial charge in [-0.25, -0.2) is 0 Å². The number of aliphatic hydroxyl groups is 1. The molecule has 4 nitrogen and oxygen atoms in total. The number of methoxy groups -OCH3 is 2. The SMILES string of the molecule is COc1ccc(CN(Cc2ccc(OC)cc2)C[C@@H](C)O)cc1. The minimum absolute atomic E-state index is 0.369. The lowest BCUT2D eigenvalue weighted by Gasteiger charge is -2.24. The summed E-state index contributed by atoms with van der Waals surface area (Å²) in [6.45, 7) is 3.99. The van der Waals surface area contributed by atoms with Gasteiger partial charge in [0.25, 0.3) is 0 Å². The van der Waals surface area contributed by atoms with Crippen molar-refractivity contribution in [3.63, 3.8) is 0 Å². The van der Waals surface area contributed by atoms with Crippen LogP contribution in [-0.2, 0) is 13.1 Å². The lowest BCUT2D eigenvalue weighted by Crippen LogP contribution is -2.30. The number of ether oxygens (including phenoxy) is 2. The van der Waals surface area contributed by atoms with E-state index in [1.165, 1.54) is 11.1 Å². The standard InChI is InChI=1S/C19H25NO3/c1-15(21)12-20(13-16-4-8-18(22-2)9-5-16)14-17-6-10-19(23-3)11-7-17/h4-11,15,21H,12-14H2,1-3H3/t15-/m1/s1. The van der Waals surface area contributed by atoms with E-state index in [0.29, 0.717) is 6.54 Å². The van der Waals surface area contributed by atoms with Crippen LogP contribution in [0.25, 0.3) is 0 Å². The molecule has 0 heterocycles. The summed E-state index contributed by atoms with van der Waals surface area (Å²) in [4.78, 5) is 2.23. The molecule has 0 unspecified atom stereocenters. The van der Waals surface area contributed by atoms with Crippen LogP contribution in [0.1, 0.15) is 18.1 Å². The summed E-state index contributed by atoms with van der Waals surface area (Å²) in [6, 6.07) is 16.1. The molecule has 0 aromatic heterocycles. The van der Waals surface area contributed by atoms with Gasteiger partial charge in [-0.05, 0) is 42.3 Å². The molecular formula is C19H25NO3. The minimum atomic E-state index is -0.369. The largest absolute Gasteiger partial charge is 0.497 e. The Labute approximate surface area is 138 Å². The van der Waals surface area contributed by atoms with E-state index in [9.17, 15) is 5.11 Å². The Morgan fingerprint density at radius 2 is 1.22 bits per heavy atom. The number of nitrogens with zero attached hydrogens (tertiary/aromatic N) is 1. The Hall–Kier alpha value is -2.04. The number of aliphatic hydroxyl groups excluding tert-OH is 1. The third kappa shape index (κ3) is 5.58. The molecule has 0 amide bonds. The highest BCUT2D eigenvalue weighted by atomic mass is 16.5. The predicted octanol–water partition coefficient (Wildman–Crippen LogP) is 3.09. The zero-order valence-electron chi connectivity index (χ0n) is 14.0. The van der Waals surface area contributed by atoms with Crippen LogP contribution >= 0.6 is 0 Å². The Balaban J connectivity index is 2.05. The van der Waals surface area contributed by atoms with Crippen molar-refractivity contribution < 1.29 is 14.6 Å². The number of rotatable bonds is 8. The normalized spacial score (nSPS) is 12.2. The van der Waals surface area contributed by atoms with Gasteiger partial charge < -0.3 is 14.6 Å². The molecule has 0 saturated heterocycles. The van der Waals surface area contributed by atoms with Gasteiger partial charge in [0.1, 0.15) is 11.5 Å². The van der Waals surface area contributed by atoms with Gasteiger partial charge in [0.05, 0.1) is 20.3 Å². The van der Waals surface area contributed by atoms with Crippen molar-refractivity contribution in [1.82, 2.24) is 4.90 Å². The molecule has 0 aliphatic rings. The lowest BCUT2D eigenvalue weighted by atomic mass is 10.1. The number of hydrogen-bond donors (Lipinski definition) is 1. The van der Waals surface area contributed by atoms with Crippen molar-refractivity contribution >= 4 is 0 Å². The second-order valence-corrected chi connectivity index (χ2v) is 5.71. The molecule has 2 aromatic rings. The first-order chi connectivity index (χ1) is 11.1. The highest BCUT2D eigenvalue weighted by molar-refractivity contribution is 5.28. The molecule has 0 saturated carbocycles. The monoisotopic (exact) mass is 315 g/mol. The zero-order valence-corrected chi connectivity index (χ0v) is 14.0. The van der Waals surface area contributed by atoms with Gasteiger partial charge in [0.15, 0.2) is 0 Å². The molecule has 0 aliphatic carbocycles. The van der Waals surface area contributed by atoms with Crippen LogP contribution in [0.2, 0.25) is 0 Å². The second kappa shape index (κ2) is 8.56. The van der Waals surface area contributed by atoms with Crippen molar-refractivity contribution in [1.29, 1.82) is 0 Å². The second-order valence-electron chi connectivity index (χ2n) is 5.71. The Kier molecular flexibility index (Phi) is 6.44. The van der Waals surface area contributed by atoms with Crippen LogP contribution in [0, 0.1) is 0 Å². The van der Waals surface area contributed by atoms with E-state index in [-0.39, 0.29) is 6.10 Å². The zero-order chi connectivity index (χ0) is 16.7. The van der Waals surface area contributed by atoms with Gasteiger partial charge in [-0.2, -0.15) is 0 Å². The minimum Gasteiger partial charge on any atom is -0.497 e. The highest BCUT2D eigenvalue weighted by Gasteiger charge is 2.10. The quantitative estimate of drug-likeness (QED) is 0.813. The fourth-order valence-corrected chi connectivity index (χ4v) is 2.54. The van der Waals surface area contributed by atoms with Crippen molar-refractivity contribution in [3.05, 3.63) is 59.7 Å². The van der Waals surface area contributed by atoms with Crippen LogP contribution in [0.3, 0.4) is 0 Å². The van der Waals surface area contributed by atoms with Crippen LogP contribution in [-0.4, -0.2) is 36.9 Å². The fourth-order valence-electron chi connectivity index (χ4n) is 2.54. The molecule has 0 spiro atoms. The van der Waals surface area contributed by atoms with E-state index in [1.54, 1.807) is 14.2 Å². The van der Waals surface area contributed by atoms with Crippen molar-refractivity contribution in [2.75, 3.05) is 20.8 Å². The summed E-state index contributed by atoms with van der Waals surface area (Å²) in [6.07, 6.45) is -0.369. The average Bonchev–Trinajstić information content (AvgIpc) is 2.55. The predicted molar refractivity (Wildman–Crippen MR) is 91.8 cm³/mol. The maximum Gasteiger partial charge on any atom is 0.118 e. The first-order valence-electron chi connectivity index (χ1n) is 7.77. The van der Waals surface area contributed by atoms with Gasteiger partial charge in [-0.1, -0.05) is 24.3 Å². The van der Waals surface area contributed by atoms with Crippen molar-refractivity contribution in [3.8, 4) is 11.5 Å². The Bertz CT molecular complexity index is 529. The van der Waals surface area contributed by atoms with Gasteiger partial charge in [-0.15, -0.1) is 0 Å². The summed E-state index contributed by atoms with van der Waals surface area (Å²) in [5.74, 6) is 1.71. The smallest absolute Gasteiger partial charge is 0.118 e. The molecule has 4 heteroatoms. The third-order valence-electron chi connectivity index (χ3n) is 3.65. The maximum atomic E-state index is 9.76. The van der Waals surface area contributed by atoms with E-state index < -0.39 is 0 Å². The van der Waals surface area contributed by atoms with Gasteiger partial charge in [0.2, 0.25) is 0 Å². The van der Waals surface area contributed by atoms with Gasteiger partial charge in [0, 0.05) is 19.6 Å². The van der Waals surface area contributed by atoms with Crippen molar-refractivity contribution in [2.45, 2.75) is 26.1 Å². The van der Waals surface area contributed by atoms with E-state index in [2.05, 4.69) is 29.2 Å². The summed E-state index contributed by atoms with van der Waals surface area (Å²) >= 11 is 0. The Morgan fingerprint density at radius 1 is 0.826 bits per heavy atom. The lowest BCUT2D eigenvalue weighted by molar-refractivity contribution is 0.118. The van der Waals surface area contributed by atoms with E-state index in [1.807, 2.05) is 31.2 Å². The number of hydrogen-bond acceptors (Lipinski definition) is 4. The van der Waals surface area contributed by atoms with Gasteiger partial charge in [-0.3, -0.25) is 4.90 Å². The number of benzene rings is 2. The van der Waals surface area contributed by atoms with E-state index in [4.69, 9.17) is 9.47 Å². The fraction of sp³-hybridized carbons (Fsp3) is 0.368. The Morgan fingerprint density at radius 3 is 1.52 bits per heavy atom. The maximum absolute atomic E-state index is 9.76. The molecule has 0 aliphatic heterocycles. The molecule has 1 atom stereocenters. The van der Waals surface area contributed by atoms with E-state index in [0.717, 1.165) is 24.6 Å². The molecule has 0 radical (unpaired) electrons. The van der Waals surface area contributed by atoms with Gasteiger partial charge >= 0.3 is 0 Å². The average molecular weight is 315 g/mol. The molecular weight excluding hydrogens is 290 g/mol. The van der Waals surface area contributed by atoms with Crippen LogP contribution in [0.4, 0.5) is 0 Å². The first-order valence-corrected chi connectivity index (χ1v) is 7.77. The summed E-state index contributed by atoms with van der Waals surface area (Å²) in [5, 5.41) is 9.76. The first kappa shape index (κ1) is 17.3. The van der Waals surface area contributed by atoms with Crippen molar-refractivity contribution in [2.24, 2.45) is 0 Å². The topological polar surface area (TPSA) is 41.9 Å². The summed E-state index contributed by atoms with van der Waals surface area (Å²) < 4.78 is 10.4. The molecule has 124 valence electrons. The molecule has 0 bridgehead atoms. The van der Waals surface area contributed by atoms with E-state index >= 15 is 0 Å². The highest BCUT2D eigenvalue weighted by Crippen LogP contribution is 2.17. The van der Waals surface area contributed by atoms with Crippen LogP contribution in [0.5, 0.6) is 11.5 Å². The van der Waals surface area contributed by atoms with Crippen LogP contribution < -0.4 is 9.47 Å². The molecule has 0 fully saturated rings. The summed E-state index contributed by atoms with van der Waals surface area (Å²) in [7, 11) is 3.33.